The highest BCUT2D eigenvalue weighted by Crippen LogP contribution is 2.34. The molecule has 0 aliphatic carbocycles. The van der Waals surface area contributed by atoms with E-state index in [1.54, 1.807) is 18.2 Å². The number of carbonyl (C=O) groups excluding carboxylic acids is 1. The molecule has 1 N–H and O–H groups in total. The number of fused-ring (bicyclic) bond motifs is 1. The van der Waals surface area contributed by atoms with E-state index in [1.165, 1.54) is 22.5 Å². The maximum absolute atomic E-state index is 12.9. The lowest BCUT2D eigenvalue weighted by Crippen LogP contribution is -2.35. The molecule has 9 heteroatoms. The number of amides is 1. The van der Waals surface area contributed by atoms with Crippen LogP contribution in [0, 0.1) is 0 Å². The highest BCUT2D eigenvalue weighted by molar-refractivity contribution is 7.89. The van der Waals surface area contributed by atoms with Crippen LogP contribution < -0.4 is 14.8 Å². The van der Waals surface area contributed by atoms with Gasteiger partial charge in [-0.05, 0) is 43.2 Å². The van der Waals surface area contributed by atoms with Crippen molar-refractivity contribution in [2.24, 2.45) is 0 Å². The van der Waals surface area contributed by atoms with Crippen LogP contribution in [0.3, 0.4) is 0 Å². The van der Waals surface area contributed by atoms with Gasteiger partial charge in [0.25, 0.3) is 5.91 Å². The molecule has 0 bridgehead atoms. The summed E-state index contributed by atoms with van der Waals surface area (Å²) in [6.45, 7) is 1.07. The predicted octanol–water partition coefficient (Wildman–Crippen LogP) is 3.50. The fourth-order valence-electron chi connectivity index (χ4n) is 3.26. The van der Waals surface area contributed by atoms with E-state index >= 15 is 0 Å². The first-order valence-corrected chi connectivity index (χ1v) is 10.8. The van der Waals surface area contributed by atoms with Crippen LogP contribution in [0.4, 0.5) is 5.69 Å². The predicted molar refractivity (Wildman–Crippen MR) is 105 cm³/mol. The first kappa shape index (κ1) is 19.0. The van der Waals surface area contributed by atoms with Crippen molar-refractivity contribution in [2.75, 3.05) is 25.2 Å². The number of nitrogens with zero attached hydrogens (tertiary/aromatic N) is 1. The van der Waals surface area contributed by atoms with Crippen LogP contribution in [-0.2, 0) is 10.0 Å². The highest BCUT2D eigenvalue weighted by atomic mass is 35.5. The van der Waals surface area contributed by atoms with E-state index in [4.69, 9.17) is 21.1 Å². The molecule has 4 rings (SSSR count). The molecule has 7 nitrogen and oxygen atoms in total. The Kier molecular flexibility index (Phi) is 5.18. The van der Waals surface area contributed by atoms with Crippen molar-refractivity contribution in [3.8, 4) is 11.5 Å². The Labute approximate surface area is 168 Å². The first-order chi connectivity index (χ1) is 13.4. The molecule has 2 heterocycles. The summed E-state index contributed by atoms with van der Waals surface area (Å²) in [4.78, 5) is 12.6. The van der Waals surface area contributed by atoms with Crippen LogP contribution in [0.5, 0.6) is 11.5 Å². The van der Waals surface area contributed by atoms with Gasteiger partial charge in [-0.2, -0.15) is 4.31 Å². The lowest BCUT2D eigenvalue weighted by molar-refractivity contribution is 0.102. The zero-order chi connectivity index (χ0) is 19.7. The Hall–Kier alpha value is -2.29. The average Bonchev–Trinajstić information content (AvgIpc) is 3.16. The number of nitrogens with one attached hydrogen (secondary N) is 1. The number of halogens is 1. The largest absolute Gasteiger partial charge is 0.454 e. The van der Waals surface area contributed by atoms with Crippen LogP contribution in [0.15, 0.2) is 41.3 Å². The van der Waals surface area contributed by atoms with E-state index in [9.17, 15) is 13.2 Å². The van der Waals surface area contributed by atoms with Crippen molar-refractivity contribution in [2.45, 2.75) is 24.2 Å². The highest BCUT2D eigenvalue weighted by Gasteiger charge is 2.28. The number of carbonyl (C=O) groups is 1. The summed E-state index contributed by atoms with van der Waals surface area (Å²) >= 11 is 6.16. The quantitative estimate of drug-likeness (QED) is 0.815. The first-order valence-electron chi connectivity index (χ1n) is 8.96. The topological polar surface area (TPSA) is 84.9 Å². The molecule has 1 amide bonds. The maximum Gasteiger partial charge on any atom is 0.255 e. The molecule has 0 radical (unpaired) electrons. The van der Waals surface area contributed by atoms with Crippen molar-refractivity contribution in [1.82, 2.24) is 4.31 Å². The van der Waals surface area contributed by atoms with E-state index in [2.05, 4.69) is 5.32 Å². The summed E-state index contributed by atoms with van der Waals surface area (Å²) in [5.74, 6) is 0.715. The van der Waals surface area contributed by atoms with E-state index in [1.807, 2.05) is 0 Å². The molecule has 148 valence electrons. The molecule has 0 aromatic heterocycles. The summed E-state index contributed by atoms with van der Waals surface area (Å²) < 4.78 is 37.9. The molecule has 1 saturated heterocycles. The van der Waals surface area contributed by atoms with Gasteiger partial charge in [-0.1, -0.05) is 18.0 Å². The van der Waals surface area contributed by atoms with Crippen LogP contribution in [0.2, 0.25) is 5.02 Å². The van der Waals surface area contributed by atoms with Crippen LogP contribution in [0.1, 0.15) is 29.6 Å². The Bertz CT molecular complexity index is 1020. The monoisotopic (exact) mass is 422 g/mol. The number of anilines is 1. The molecule has 0 spiro atoms. The standard InChI is InChI=1S/C19H19ClN2O5S/c20-15-6-4-13(10-18(15)28(24,25)22-8-2-1-3-9-22)19(23)21-14-5-7-16-17(11-14)27-12-26-16/h4-7,10-11H,1-3,8-9,12H2,(H,21,23). The van der Waals surface area contributed by atoms with E-state index in [0.717, 1.165) is 19.3 Å². The van der Waals surface area contributed by atoms with Crippen molar-refractivity contribution < 1.29 is 22.7 Å². The average molecular weight is 423 g/mol. The molecule has 1 fully saturated rings. The molecule has 2 aromatic carbocycles. The van der Waals surface area contributed by atoms with Gasteiger partial charge in [0.2, 0.25) is 16.8 Å². The van der Waals surface area contributed by atoms with Gasteiger partial charge < -0.3 is 14.8 Å². The fourth-order valence-corrected chi connectivity index (χ4v) is 5.28. The molecule has 2 aromatic rings. The third kappa shape index (κ3) is 3.67. The third-order valence-electron chi connectivity index (χ3n) is 4.76. The van der Waals surface area contributed by atoms with Gasteiger partial charge in [-0.3, -0.25) is 4.79 Å². The SMILES string of the molecule is O=C(Nc1ccc2c(c1)OCO2)c1ccc(Cl)c(S(=O)(=O)N2CCCCC2)c1. The van der Waals surface area contributed by atoms with Crippen LogP contribution >= 0.6 is 11.6 Å². The Balaban J connectivity index is 1.58. The van der Waals surface area contributed by atoms with Gasteiger partial charge in [0, 0.05) is 30.4 Å². The molecule has 2 aliphatic heterocycles. The Morgan fingerprint density at radius 3 is 2.54 bits per heavy atom. The Morgan fingerprint density at radius 1 is 1.00 bits per heavy atom. The molecule has 0 atom stereocenters. The van der Waals surface area contributed by atoms with Crippen molar-refractivity contribution in [3.63, 3.8) is 0 Å². The summed E-state index contributed by atoms with van der Waals surface area (Å²) in [6.07, 6.45) is 2.65. The summed E-state index contributed by atoms with van der Waals surface area (Å²) in [7, 11) is -3.74. The number of benzene rings is 2. The van der Waals surface area contributed by atoms with Crippen LogP contribution in [-0.4, -0.2) is 38.5 Å². The number of ether oxygens (including phenoxy) is 2. The lowest BCUT2D eigenvalue weighted by atomic mass is 10.2. The number of sulfonamides is 1. The molecule has 0 saturated carbocycles. The molecular formula is C19H19ClN2O5S. The smallest absolute Gasteiger partial charge is 0.255 e. The zero-order valence-corrected chi connectivity index (χ0v) is 16.6. The van der Waals surface area contributed by atoms with Crippen molar-refractivity contribution in [3.05, 3.63) is 47.0 Å². The molecule has 2 aliphatic rings. The molecular weight excluding hydrogens is 404 g/mol. The number of piperidine rings is 1. The van der Waals surface area contributed by atoms with Gasteiger partial charge in [-0.25, -0.2) is 8.42 Å². The minimum atomic E-state index is -3.74. The number of rotatable bonds is 4. The minimum absolute atomic E-state index is 0.0468. The van der Waals surface area contributed by atoms with Gasteiger partial charge in [0.1, 0.15) is 4.90 Å². The Morgan fingerprint density at radius 2 is 1.75 bits per heavy atom. The summed E-state index contributed by atoms with van der Waals surface area (Å²) in [5.41, 5.74) is 0.724. The van der Waals surface area contributed by atoms with E-state index in [0.29, 0.717) is 30.3 Å². The number of hydrogen-bond donors (Lipinski definition) is 1. The maximum atomic E-state index is 12.9. The lowest BCUT2D eigenvalue weighted by Gasteiger charge is -2.26. The summed E-state index contributed by atoms with van der Waals surface area (Å²) in [5, 5.41) is 2.84. The van der Waals surface area contributed by atoms with Gasteiger partial charge in [0.15, 0.2) is 11.5 Å². The normalized spacial score (nSPS) is 16.8. The third-order valence-corrected chi connectivity index (χ3v) is 7.14. The number of hydrogen-bond acceptors (Lipinski definition) is 5. The zero-order valence-electron chi connectivity index (χ0n) is 15.0. The molecule has 28 heavy (non-hydrogen) atoms. The van der Waals surface area contributed by atoms with Crippen LogP contribution in [0.25, 0.3) is 0 Å². The van der Waals surface area contributed by atoms with E-state index in [-0.39, 0.29) is 22.3 Å². The second kappa shape index (κ2) is 7.62. The summed E-state index contributed by atoms with van der Waals surface area (Å²) in [6, 6.07) is 9.31. The van der Waals surface area contributed by atoms with Gasteiger partial charge >= 0.3 is 0 Å². The second-order valence-corrected chi connectivity index (χ2v) is 8.95. The fraction of sp³-hybridized carbons (Fsp3) is 0.316. The van der Waals surface area contributed by atoms with E-state index < -0.39 is 15.9 Å². The minimum Gasteiger partial charge on any atom is -0.454 e. The van der Waals surface area contributed by atoms with Gasteiger partial charge in [0.05, 0.1) is 5.02 Å². The van der Waals surface area contributed by atoms with Gasteiger partial charge in [-0.15, -0.1) is 0 Å². The van der Waals surface area contributed by atoms with Crippen molar-refractivity contribution >= 4 is 33.2 Å². The molecule has 0 unspecified atom stereocenters. The van der Waals surface area contributed by atoms with Crippen molar-refractivity contribution in [1.29, 1.82) is 0 Å². The second-order valence-electron chi connectivity index (χ2n) is 6.63.